The number of fused-ring (bicyclic) bond motifs is 2. The molecule has 2 saturated heterocycles. The Kier molecular flexibility index (Phi) is 3.41. The lowest BCUT2D eigenvalue weighted by Gasteiger charge is -2.38. The first-order valence-corrected chi connectivity index (χ1v) is 6.62. The van der Waals surface area contributed by atoms with Gasteiger partial charge in [0.1, 0.15) is 0 Å². The third-order valence-electron chi connectivity index (χ3n) is 4.19. The second-order valence-electron chi connectivity index (χ2n) is 6.41. The van der Waals surface area contributed by atoms with E-state index in [2.05, 4.69) is 37.6 Å². The molecule has 92 valence electrons. The Morgan fingerprint density at radius 1 is 1.38 bits per heavy atom. The summed E-state index contributed by atoms with van der Waals surface area (Å²) in [6, 6.07) is 1.61. The van der Waals surface area contributed by atoms with Crippen LogP contribution >= 0.6 is 0 Å². The van der Waals surface area contributed by atoms with E-state index in [-0.39, 0.29) is 5.54 Å². The van der Waals surface area contributed by atoms with Gasteiger partial charge in [-0.15, -0.1) is 6.58 Å². The minimum absolute atomic E-state index is 0.260. The maximum absolute atomic E-state index is 3.88. The second-order valence-corrected chi connectivity index (χ2v) is 6.41. The fourth-order valence-corrected chi connectivity index (χ4v) is 3.20. The highest BCUT2D eigenvalue weighted by molar-refractivity contribution is 4.99. The largest absolute Gasteiger partial charge is 0.311 e. The summed E-state index contributed by atoms with van der Waals surface area (Å²) in [5.74, 6) is 0.859. The van der Waals surface area contributed by atoms with E-state index in [1.54, 1.807) is 0 Å². The highest BCUT2D eigenvalue weighted by Crippen LogP contribution is 2.34. The van der Waals surface area contributed by atoms with Crippen molar-refractivity contribution in [3.8, 4) is 0 Å². The Morgan fingerprint density at radius 2 is 2.12 bits per heavy atom. The van der Waals surface area contributed by atoms with Crippen molar-refractivity contribution in [1.29, 1.82) is 0 Å². The molecule has 2 heteroatoms. The second kappa shape index (κ2) is 4.50. The molecule has 0 amide bonds. The Bertz CT molecular complexity index is 254. The molecule has 3 atom stereocenters. The van der Waals surface area contributed by atoms with Gasteiger partial charge in [-0.05, 0) is 46.0 Å². The zero-order valence-electron chi connectivity index (χ0n) is 11.0. The molecular formula is C14H26N2. The molecule has 3 unspecified atom stereocenters. The molecule has 0 aliphatic carbocycles. The first-order chi connectivity index (χ1) is 7.50. The van der Waals surface area contributed by atoms with Crippen molar-refractivity contribution in [3.63, 3.8) is 0 Å². The van der Waals surface area contributed by atoms with E-state index in [1.807, 2.05) is 6.08 Å². The van der Waals surface area contributed by atoms with Crippen LogP contribution in [0.4, 0.5) is 0 Å². The van der Waals surface area contributed by atoms with Crippen molar-refractivity contribution in [2.75, 3.05) is 13.1 Å². The first-order valence-electron chi connectivity index (χ1n) is 6.62. The quantitative estimate of drug-likeness (QED) is 0.735. The summed E-state index contributed by atoms with van der Waals surface area (Å²) in [4.78, 5) is 2.56. The first kappa shape index (κ1) is 12.1. The van der Waals surface area contributed by atoms with Gasteiger partial charge >= 0.3 is 0 Å². The third kappa shape index (κ3) is 2.49. The number of hydrogen-bond acceptors (Lipinski definition) is 2. The van der Waals surface area contributed by atoms with E-state index in [9.17, 15) is 0 Å². The molecule has 2 heterocycles. The number of rotatable bonds is 4. The van der Waals surface area contributed by atoms with Crippen molar-refractivity contribution in [2.45, 2.75) is 57.7 Å². The maximum atomic E-state index is 3.88. The lowest BCUT2D eigenvalue weighted by atomic mass is 9.88. The van der Waals surface area contributed by atoms with E-state index in [0.717, 1.165) is 24.5 Å². The van der Waals surface area contributed by atoms with Gasteiger partial charge in [-0.3, -0.25) is 4.90 Å². The minimum Gasteiger partial charge on any atom is -0.311 e. The van der Waals surface area contributed by atoms with E-state index < -0.39 is 0 Å². The molecule has 2 aliphatic heterocycles. The molecule has 0 aromatic rings. The summed E-state index contributed by atoms with van der Waals surface area (Å²) in [6.07, 6.45) is 6.21. The van der Waals surface area contributed by atoms with Gasteiger partial charge in [0.15, 0.2) is 0 Å². The third-order valence-corrected chi connectivity index (χ3v) is 4.19. The van der Waals surface area contributed by atoms with E-state index in [1.165, 1.54) is 25.8 Å². The van der Waals surface area contributed by atoms with Gasteiger partial charge in [0.2, 0.25) is 0 Å². The molecule has 2 rings (SSSR count). The van der Waals surface area contributed by atoms with Gasteiger partial charge in [0, 0.05) is 30.7 Å². The van der Waals surface area contributed by atoms with Crippen LogP contribution in [0.5, 0.6) is 0 Å². The predicted molar refractivity (Wildman–Crippen MR) is 69.6 cm³/mol. The molecule has 2 aliphatic rings. The summed E-state index contributed by atoms with van der Waals surface area (Å²) < 4.78 is 0. The molecule has 1 N–H and O–H groups in total. The van der Waals surface area contributed by atoms with Gasteiger partial charge in [-0.2, -0.15) is 0 Å². The van der Waals surface area contributed by atoms with Crippen LogP contribution in [0.15, 0.2) is 12.7 Å². The van der Waals surface area contributed by atoms with Crippen LogP contribution in [-0.2, 0) is 0 Å². The normalized spacial score (nSPS) is 33.6. The highest BCUT2D eigenvalue weighted by atomic mass is 15.2. The molecule has 2 fully saturated rings. The van der Waals surface area contributed by atoms with Crippen molar-refractivity contribution < 1.29 is 0 Å². The highest BCUT2D eigenvalue weighted by Gasteiger charge is 2.40. The Balaban J connectivity index is 1.93. The molecule has 0 saturated carbocycles. The zero-order valence-corrected chi connectivity index (χ0v) is 11.0. The number of nitrogens with zero attached hydrogens (tertiary/aromatic N) is 1. The molecule has 0 radical (unpaired) electrons. The van der Waals surface area contributed by atoms with Gasteiger partial charge in [-0.25, -0.2) is 0 Å². The average Bonchev–Trinajstić information content (AvgIpc) is 2.76. The summed E-state index contributed by atoms with van der Waals surface area (Å²) in [6.45, 7) is 13.0. The van der Waals surface area contributed by atoms with Crippen molar-refractivity contribution in [1.82, 2.24) is 10.2 Å². The topological polar surface area (TPSA) is 15.3 Å². The van der Waals surface area contributed by atoms with Crippen LogP contribution in [0.2, 0.25) is 0 Å². The fraction of sp³-hybridized carbons (Fsp3) is 0.857. The molecule has 2 nitrogen and oxygen atoms in total. The predicted octanol–water partition coefficient (Wildman–Crippen LogP) is 2.41. The fourth-order valence-electron chi connectivity index (χ4n) is 3.20. The van der Waals surface area contributed by atoms with Gasteiger partial charge in [0.25, 0.3) is 0 Å². The Morgan fingerprint density at radius 3 is 2.56 bits per heavy atom. The summed E-state index contributed by atoms with van der Waals surface area (Å²) in [7, 11) is 0. The molecule has 16 heavy (non-hydrogen) atoms. The number of nitrogens with one attached hydrogen (secondary N) is 1. The van der Waals surface area contributed by atoms with Crippen molar-refractivity contribution >= 4 is 0 Å². The summed E-state index contributed by atoms with van der Waals surface area (Å²) in [5, 5.41) is 3.72. The van der Waals surface area contributed by atoms with Crippen LogP contribution in [0.1, 0.15) is 40.0 Å². The Labute approximate surface area is 100 Å². The average molecular weight is 222 g/mol. The lowest BCUT2D eigenvalue weighted by molar-refractivity contribution is 0.120. The van der Waals surface area contributed by atoms with Crippen molar-refractivity contribution in [3.05, 3.63) is 12.7 Å². The van der Waals surface area contributed by atoms with E-state index >= 15 is 0 Å². The van der Waals surface area contributed by atoms with Gasteiger partial charge in [-0.1, -0.05) is 6.08 Å². The zero-order chi connectivity index (χ0) is 11.8. The molecule has 0 aromatic carbocycles. The van der Waals surface area contributed by atoms with Crippen molar-refractivity contribution in [2.24, 2.45) is 5.92 Å². The van der Waals surface area contributed by atoms with Gasteiger partial charge < -0.3 is 5.32 Å². The molecule has 0 spiro atoms. The van der Waals surface area contributed by atoms with E-state index in [4.69, 9.17) is 0 Å². The monoisotopic (exact) mass is 222 g/mol. The lowest BCUT2D eigenvalue weighted by Crippen LogP contribution is -2.46. The summed E-state index contributed by atoms with van der Waals surface area (Å²) >= 11 is 0. The number of hydrogen-bond donors (Lipinski definition) is 1. The summed E-state index contributed by atoms with van der Waals surface area (Å²) in [5.41, 5.74) is 0.260. The van der Waals surface area contributed by atoms with E-state index in [0.29, 0.717) is 0 Å². The molecule has 0 aromatic heterocycles. The molecular weight excluding hydrogens is 196 g/mol. The standard InChI is InChI=1S/C14H26N2/c1-5-8-16(14(2,3)4)10-11-9-12-6-7-13(11)15-12/h5,11-13,15H,1,6-10H2,2-4H3. The van der Waals surface area contributed by atoms with Crippen LogP contribution in [-0.4, -0.2) is 35.6 Å². The smallest absolute Gasteiger partial charge is 0.0165 e. The molecule has 2 bridgehead atoms. The van der Waals surface area contributed by atoms with Crippen LogP contribution < -0.4 is 5.32 Å². The van der Waals surface area contributed by atoms with Gasteiger partial charge in [0.05, 0.1) is 0 Å². The van der Waals surface area contributed by atoms with Crippen LogP contribution in [0.3, 0.4) is 0 Å². The maximum Gasteiger partial charge on any atom is 0.0165 e. The SMILES string of the molecule is C=CCN(CC1CC2CCC1N2)C(C)(C)C. The minimum atomic E-state index is 0.260. The Hall–Kier alpha value is -0.340. The van der Waals surface area contributed by atoms with Crippen LogP contribution in [0, 0.1) is 5.92 Å². The van der Waals surface area contributed by atoms with Crippen LogP contribution in [0.25, 0.3) is 0 Å².